The van der Waals surface area contributed by atoms with E-state index in [-0.39, 0.29) is 4.90 Å². The number of hydrogen-bond acceptors (Lipinski definition) is 5. The molecular formula is C17H24N2O3S. The van der Waals surface area contributed by atoms with Gasteiger partial charge in [-0.25, -0.2) is 0 Å². The van der Waals surface area contributed by atoms with Gasteiger partial charge in [0.15, 0.2) is 0 Å². The molecule has 0 saturated heterocycles. The van der Waals surface area contributed by atoms with Gasteiger partial charge in [0, 0.05) is 6.04 Å². The number of nitrogens with one attached hydrogen (secondary N) is 1. The second-order valence-electron chi connectivity index (χ2n) is 7.70. The molecule has 5 rings (SSSR count). The monoisotopic (exact) mass is 336 g/mol. The highest BCUT2D eigenvalue weighted by molar-refractivity contribution is 7.86. The zero-order valence-corrected chi connectivity index (χ0v) is 14.2. The molecule has 4 fully saturated rings. The summed E-state index contributed by atoms with van der Waals surface area (Å²) < 4.78 is 31.3. The molecule has 0 spiro atoms. The van der Waals surface area contributed by atoms with Crippen LogP contribution in [-0.4, -0.2) is 20.1 Å². The fourth-order valence-corrected chi connectivity index (χ4v) is 6.54. The van der Waals surface area contributed by atoms with Gasteiger partial charge in [-0.1, -0.05) is 17.7 Å². The van der Waals surface area contributed by atoms with E-state index in [1.807, 2.05) is 19.1 Å². The predicted molar refractivity (Wildman–Crippen MR) is 86.8 cm³/mol. The zero-order chi connectivity index (χ0) is 16.2. The van der Waals surface area contributed by atoms with Crippen LogP contribution in [0.3, 0.4) is 0 Å². The van der Waals surface area contributed by atoms with Crippen LogP contribution in [0.4, 0.5) is 0 Å². The van der Waals surface area contributed by atoms with Crippen LogP contribution >= 0.6 is 0 Å². The zero-order valence-electron chi connectivity index (χ0n) is 13.4. The molecule has 0 aliphatic heterocycles. The van der Waals surface area contributed by atoms with Gasteiger partial charge in [-0.3, -0.25) is 15.5 Å². The van der Waals surface area contributed by atoms with Crippen molar-refractivity contribution in [2.75, 3.05) is 0 Å². The smallest absolute Gasteiger partial charge is 0.271 e. The third-order valence-corrected chi connectivity index (χ3v) is 7.43. The van der Waals surface area contributed by atoms with Crippen molar-refractivity contribution < 1.29 is 12.6 Å². The van der Waals surface area contributed by atoms with E-state index >= 15 is 0 Å². The number of aryl methyl sites for hydroxylation is 1. The Kier molecular flexibility index (Phi) is 3.57. The van der Waals surface area contributed by atoms with Crippen LogP contribution < -0.4 is 11.3 Å². The third kappa shape index (κ3) is 2.61. The molecule has 3 N–H and O–H groups in total. The molecule has 23 heavy (non-hydrogen) atoms. The highest BCUT2D eigenvalue weighted by Gasteiger charge is 2.57. The molecule has 4 saturated carbocycles. The fraction of sp³-hybridized carbons (Fsp3) is 0.647. The van der Waals surface area contributed by atoms with E-state index in [9.17, 15) is 8.42 Å². The highest BCUT2D eigenvalue weighted by Crippen LogP contribution is 2.57. The third-order valence-electron chi connectivity index (χ3n) is 6.01. The number of hydrogen-bond donors (Lipinski definition) is 2. The summed E-state index contributed by atoms with van der Waals surface area (Å²) in [5, 5.41) is 0. The maximum Gasteiger partial charge on any atom is 0.297 e. The van der Waals surface area contributed by atoms with E-state index in [2.05, 4.69) is 5.43 Å². The Bertz CT molecular complexity index is 685. The van der Waals surface area contributed by atoms with Crippen molar-refractivity contribution in [1.82, 2.24) is 5.43 Å². The molecule has 0 amide bonds. The number of benzene rings is 1. The lowest BCUT2D eigenvalue weighted by atomic mass is 9.52. The molecule has 0 heterocycles. The Morgan fingerprint density at radius 2 is 1.74 bits per heavy atom. The van der Waals surface area contributed by atoms with Gasteiger partial charge < -0.3 is 0 Å². The Morgan fingerprint density at radius 3 is 2.30 bits per heavy atom. The minimum absolute atomic E-state index is 0.257. The van der Waals surface area contributed by atoms with Crippen molar-refractivity contribution in [2.45, 2.75) is 55.6 Å². The average Bonchev–Trinajstić information content (AvgIpc) is 2.45. The van der Waals surface area contributed by atoms with Crippen molar-refractivity contribution in [1.29, 1.82) is 0 Å². The summed E-state index contributed by atoms with van der Waals surface area (Å²) in [5.74, 6) is 7.15. The molecule has 0 aromatic heterocycles. The van der Waals surface area contributed by atoms with E-state index in [1.54, 1.807) is 12.1 Å². The molecular weight excluding hydrogens is 312 g/mol. The van der Waals surface area contributed by atoms with Gasteiger partial charge in [0.05, 0.1) is 10.5 Å². The van der Waals surface area contributed by atoms with E-state index in [4.69, 9.17) is 10.0 Å². The highest BCUT2D eigenvalue weighted by atomic mass is 32.2. The normalized spacial score (nSPS) is 38.9. The Labute approximate surface area is 137 Å². The molecule has 2 unspecified atom stereocenters. The first kappa shape index (κ1) is 15.6. The molecule has 5 nitrogen and oxygen atoms in total. The first-order chi connectivity index (χ1) is 10.9. The maximum atomic E-state index is 12.7. The first-order valence-electron chi connectivity index (χ1n) is 8.39. The summed E-state index contributed by atoms with van der Waals surface area (Å²) in [6.45, 7) is 1.94. The van der Waals surface area contributed by atoms with Crippen molar-refractivity contribution in [3.8, 4) is 0 Å². The topological polar surface area (TPSA) is 81.4 Å². The van der Waals surface area contributed by atoms with Crippen LogP contribution in [0.25, 0.3) is 0 Å². The van der Waals surface area contributed by atoms with E-state index in [0.717, 1.165) is 37.7 Å². The van der Waals surface area contributed by atoms with Gasteiger partial charge in [-0.2, -0.15) is 8.42 Å². The lowest BCUT2D eigenvalue weighted by molar-refractivity contribution is -0.120. The fourth-order valence-electron chi connectivity index (χ4n) is 5.31. The van der Waals surface area contributed by atoms with Crippen LogP contribution in [0.2, 0.25) is 0 Å². The average molecular weight is 336 g/mol. The van der Waals surface area contributed by atoms with E-state index in [1.165, 1.54) is 0 Å². The molecule has 4 aliphatic carbocycles. The summed E-state index contributed by atoms with van der Waals surface area (Å²) in [6.07, 6.45) is 4.73. The molecule has 4 aliphatic rings. The summed E-state index contributed by atoms with van der Waals surface area (Å²) in [5.41, 5.74) is 3.48. The molecule has 4 bridgehead atoms. The van der Waals surface area contributed by atoms with Crippen molar-refractivity contribution in [2.24, 2.45) is 23.6 Å². The van der Waals surface area contributed by atoms with Gasteiger partial charge in [0.25, 0.3) is 10.1 Å². The lowest BCUT2D eigenvalue weighted by Crippen LogP contribution is -2.63. The summed E-state index contributed by atoms with van der Waals surface area (Å²) in [6, 6.07) is 7.20. The molecule has 2 atom stereocenters. The van der Waals surface area contributed by atoms with Crippen LogP contribution in [0.5, 0.6) is 0 Å². The minimum Gasteiger partial charge on any atom is -0.271 e. The minimum atomic E-state index is -3.72. The second kappa shape index (κ2) is 5.28. The van der Waals surface area contributed by atoms with Crippen molar-refractivity contribution in [3.63, 3.8) is 0 Å². The summed E-state index contributed by atoms with van der Waals surface area (Å²) in [7, 11) is -3.72. The second-order valence-corrected chi connectivity index (χ2v) is 9.24. The Hall–Kier alpha value is -0.950. The lowest BCUT2D eigenvalue weighted by Gasteiger charge is -2.58. The van der Waals surface area contributed by atoms with Crippen molar-refractivity contribution in [3.05, 3.63) is 29.8 Å². The molecule has 6 heteroatoms. The number of hydrazine groups is 1. The van der Waals surface area contributed by atoms with Crippen LogP contribution in [0.1, 0.15) is 37.7 Å². The maximum absolute atomic E-state index is 12.7. The molecule has 0 radical (unpaired) electrons. The predicted octanol–water partition coefficient (Wildman–Crippen LogP) is 2.11. The number of rotatable bonds is 4. The van der Waals surface area contributed by atoms with Gasteiger partial charge in [0.1, 0.15) is 0 Å². The Morgan fingerprint density at radius 1 is 1.13 bits per heavy atom. The van der Waals surface area contributed by atoms with Gasteiger partial charge in [-0.15, -0.1) is 0 Å². The number of nitrogens with two attached hydrogens (primary N) is 1. The van der Waals surface area contributed by atoms with E-state index in [0.29, 0.717) is 23.8 Å². The summed E-state index contributed by atoms with van der Waals surface area (Å²) >= 11 is 0. The first-order valence-corrected chi connectivity index (χ1v) is 9.80. The molecule has 1 aromatic rings. The van der Waals surface area contributed by atoms with Crippen LogP contribution in [0, 0.1) is 24.7 Å². The van der Waals surface area contributed by atoms with Crippen LogP contribution in [0.15, 0.2) is 29.2 Å². The van der Waals surface area contributed by atoms with Gasteiger partial charge in [0.2, 0.25) is 0 Å². The van der Waals surface area contributed by atoms with E-state index < -0.39 is 15.7 Å². The largest absolute Gasteiger partial charge is 0.297 e. The molecule has 1 aromatic carbocycles. The van der Waals surface area contributed by atoms with Gasteiger partial charge >= 0.3 is 0 Å². The van der Waals surface area contributed by atoms with Crippen LogP contribution in [-0.2, 0) is 14.3 Å². The Balaban J connectivity index is 1.60. The van der Waals surface area contributed by atoms with Gasteiger partial charge in [-0.05, 0) is 68.9 Å². The summed E-state index contributed by atoms with van der Waals surface area (Å²) in [4.78, 5) is 0.257. The molecule has 126 valence electrons. The quantitative estimate of drug-likeness (QED) is 0.500. The SMILES string of the molecule is Cc1ccc(S(=O)(=O)OC23CC4CC(C2)C(NN)C(C4)C3)cc1. The van der Waals surface area contributed by atoms with Crippen molar-refractivity contribution >= 4 is 10.1 Å². The standard InChI is InChI=1S/C17H24N2O3S/c1-11-2-4-15(5-3-11)23(20,21)22-17-8-12-6-13(9-17)16(19-18)14(7-12)10-17/h2-5,12-14,16,19H,6-10,18H2,1H3.